The molecular weight excluding hydrogens is 506 g/mol. The van der Waals surface area contributed by atoms with Crippen LogP contribution in [0, 0.1) is 6.92 Å². The lowest BCUT2D eigenvalue weighted by molar-refractivity contribution is -0.113. The number of thioether (sulfide) groups is 1. The van der Waals surface area contributed by atoms with Crippen molar-refractivity contribution in [1.82, 2.24) is 0 Å². The quantitative estimate of drug-likeness (QED) is 0.263. The molecule has 0 radical (unpaired) electrons. The second-order valence-corrected chi connectivity index (χ2v) is 9.77. The Hall–Kier alpha value is -2.61. The van der Waals surface area contributed by atoms with Crippen molar-refractivity contribution in [2.75, 3.05) is 12.0 Å². The van der Waals surface area contributed by atoms with E-state index in [4.69, 9.17) is 21.7 Å². The number of halogens is 1. The number of thiocarbonyl (C=S) groups is 1. The number of carbonyl (C=O) groups is 1. The fourth-order valence-corrected chi connectivity index (χ4v) is 4.88. The van der Waals surface area contributed by atoms with Crippen LogP contribution in [0.25, 0.3) is 6.08 Å². The largest absolute Gasteiger partial charge is 0.493 e. The number of methoxy groups -OCH3 is 1. The van der Waals surface area contributed by atoms with Gasteiger partial charge in [0.2, 0.25) is 0 Å². The van der Waals surface area contributed by atoms with Gasteiger partial charge in [0.1, 0.15) is 6.61 Å². The van der Waals surface area contributed by atoms with E-state index in [1.165, 1.54) is 17.3 Å². The predicted molar refractivity (Wildman–Crippen MR) is 138 cm³/mol. The van der Waals surface area contributed by atoms with E-state index in [1.807, 2.05) is 60.7 Å². The first-order valence-corrected chi connectivity index (χ1v) is 11.9. The second kappa shape index (κ2) is 9.90. The van der Waals surface area contributed by atoms with E-state index in [9.17, 15) is 4.79 Å². The summed E-state index contributed by atoms with van der Waals surface area (Å²) >= 11 is 10.2. The van der Waals surface area contributed by atoms with Crippen LogP contribution in [0.1, 0.15) is 16.7 Å². The van der Waals surface area contributed by atoms with Crippen molar-refractivity contribution in [3.63, 3.8) is 0 Å². The van der Waals surface area contributed by atoms with Crippen molar-refractivity contribution in [2.45, 2.75) is 13.5 Å². The summed E-state index contributed by atoms with van der Waals surface area (Å²) in [6, 6.07) is 21.3. The third kappa shape index (κ3) is 5.06. The third-order valence-corrected chi connectivity index (χ3v) is 6.66. The number of amides is 1. The number of anilines is 1. The average molecular weight is 526 g/mol. The SMILES string of the molecule is COc1cc(/C=C2/SC(=S)N(c3cccc(Br)c3)C2=O)ccc1OCc1ccc(C)cc1. The first kappa shape index (κ1) is 22.6. The maximum Gasteiger partial charge on any atom is 0.270 e. The molecule has 1 heterocycles. The van der Waals surface area contributed by atoms with Crippen LogP contribution in [0.5, 0.6) is 11.5 Å². The summed E-state index contributed by atoms with van der Waals surface area (Å²) in [4.78, 5) is 15.1. The number of ether oxygens (including phenoxy) is 2. The Morgan fingerprint density at radius 1 is 1.06 bits per heavy atom. The van der Waals surface area contributed by atoms with Crippen LogP contribution in [-0.4, -0.2) is 17.3 Å². The lowest BCUT2D eigenvalue weighted by Gasteiger charge is -2.14. The maximum absolute atomic E-state index is 13.0. The molecule has 3 aromatic carbocycles. The van der Waals surface area contributed by atoms with Crippen molar-refractivity contribution in [3.8, 4) is 11.5 Å². The molecule has 0 bridgehead atoms. The molecule has 7 heteroatoms. The molecule has 1 fully saturated rings. The Kier molecular flexibility index (Phi) is 6.98. The number of carbonyl (C=O) groups excluding carboxylic acids is 1. The van der Waals surface area contributed by atoms with E-state index in [0.717, 1.165) is 21.3 Å². The first-order chi connectivity index (χ1) is 15.4. The molecule has 0 atom stereocenters. The molecule has 0 spiro atoms. The highest BCUT2D eigenvalue weighted by molar-refractivity contribution is 9.10. The Labute approximate surface area is 205 Å². The minimum atomic E-state index is -0.142. The van der Waals surface area contributed by atoms with Crippen molar-refractivity contribution < 1.29 is 14.3 Å². The number of hydrogen-bond acceptors (Lipinski definition) is 5. The lowest BCUT2D eigenvalue weighted by Crippen LogP contribution is -2.27. The molecular formula is C25H20BrNO3S2. The van der Waals surface area contributed by atoms with E-state index >= 15 is 0 Å². The molecule has 1 amide bonds. The van der Waals surface area contributed by atoms with Crippen LogP contribution >= 0.6 is 39.9 Å². The van der Waals surface area contributed by atoms with Crippen LogP contribution in [0.2, 0.25) is 0 Å². The molecule has 162 valence electrons. The fraction of sp³-hybridized carbons (Fsp3) is 0.120. The molecule has 0 saturated carbocycles. The highest BCUT2D eigenvalue weighted by Gasteiger charge is 2.33. The number of hydrogen-bond donors (Lipinski definition) is 0. The van der Waals surface area contributed by atoms with Crippen LogP contribution < -0.4 is 14.4 Å². The Morgan fingerprint density at radius 2 is 1.84 bits per heavy atom. The van der Waals surface area contributed by atoms with Gasteiger partial charge in [-0.25, -0.2) is 0 Å². The fourth-order valence-electron chi connectivity index (χ4n) is 3.20. The molecule has 0 unspecified atom stereocenters. The molecule has 4 nitrogen and oxygen atoms in total. The molecule has 32 heavy (non-hydrogen) atoms. The van der Waals surface area contributed by atoms with Crippen molar-refractivity contribution >= 4 is 61.9 Å². The zero-order valence-electron chi connectivity index (χ0n) is 17.5. The van der Waals surface area contributed by atoms with Gasteiger partial charge < -0.3 is 9.47 Å². The molecule has 0 N–H and O–H groups in total. The summed E-state index contributed by atoms with van der Waals surface area (Å²) in [6.45, 7) is 2.50. The normalized spacial score (nSPS) is 14.8. The van der Waals surface area contributed by atoms with Crippen molar-refractivity contribution in [1.29, 1.82) is 0 Å². The highest BCUT2D eigenvalue weighted by atomic mass is 79.9. The van der Waals surface area contributed by atoms with Crippen LogP contribution in [0.3, 0.4) is 0 Å². The smallest absolute Gasteiger partial charge is 0.270 e. The van der Waals surface area contributed by atoms with Crippen molar-refractivity contribution in [3.05, 3.63) is 92.8 Å². The second-order valence-electron chi connectivity index (χ2n) is 7.18. The zero-order chi connectivity index (χ0) is 22.7. The maximum atomic E-state index is 13.0. The molecule has 0 aromatic heterocycles. The summed E-state index contributed by atoms with van der Waals surface area (Å²) in [6.07, 6.45) is 1.82. The summed E-state index contributed by atoms with van der Waals surface area (Å²) in [7, 11) is 1.60. The topological polar surface area (TPSA) is 38.8 Å². The summed E-state index contributed by atoms with van der Waals surface area (Å²) in [5.74, 6) is 1.11. The monoisotopic (exact) mass is 525 g/mol. The van der Waals surface area contributed by atoms with E-state index in [1.54, 1.807) is 12.0 Å². The number of rotatable bonds is 6. The summed E-state index contributed by atoms with van der Waals surface area (Å²) in [5.41, 5.74) is 3.86. The minimum Gasteiger partial charge on any atom is -0.493 e. The molecule has 0 aliphatic carbocycles. The van der Waals surface area contributed by atoms with Gasteiger partial charge in [0, 0.05) is 4.47 Å². The Morgan fingerprint density at radius 3 is 2.56 bits per heavy atom. The van der Waals surface area contributed by atoms with E-state index < -0.39 is 0 Å². The molecule has 3 aromatic rings. The van der Waals surface area contributed by atoms with Gasteiger partial charge in [0.15, 0.2) is 15.8 Å². The van der Waals surface area contributed by atoms with Gasteiger partial charge in [-0.15, -0.1) is 0 Å². The van der Waals surface area contributed by atoms with Gasteiger partial charge in [-0.3, -0.25) is 9.69 Å². The van der Waals surface area contributed by atoms with Gasteiger partial charge >= 0.3 is 0 Å². The highest BCUT2D eigenvalue weighted by Crippen LogP contribution is 2.38. The average Bonchev–Trinajstić information content (AvgIpc) is 3.06. The van der Waals surface area contributed by atoms with Gasteiger partial charge in [0.05, 0.1) is 17.7 Å². The van der Waals surface area contributed by atoms with Crippen LogP contribution in [-0.2, 0) is 11.4 Å². The zero-order valence-corrected chi connectivity index (χ0v) is 20.7. The van der Waals surface area contributed by atoms with E-state index in [-0.39, 0.29) is 5.91 Å². The van der Waals surface area contributed by atoms with E-state index in [0.29, 0.717) is 27.3 Å². The Balaban J connectivity index is 1.53. The van der Waals surface area contributed by atoms with Gasteiger partial charge in [0.25, 0.3) is 5.91 Å². The van der Waals surface area contributed by atoms with Gasteiger partial charge in [-0.2, -0.15) is 0 Å². The summed E-state index contributed by atoms with van der Waals surface area (Å²) < 4.78 is 12.9. The van der Waals surface area contributed by atoms with Crippen molar-refractivity contribution in [2.24, 2.45) is 0 Å². The van der Waals surface area contributed by atoms with Crippen LogP contribution in [0.4, 0.5) is 5.69 Å². The molecule has 1 aliphatic heterocycles. The Bertz CT molecular complexity index is 1210. The number of benzene rings is 3. The van der Waals surface area contributed by atoms with Gasteiger partial charge in [-0.05, 0) is 54.5 Å². The minimum absolute atomic E-state index is 0.142. The van der Waals surface area contributed by atoms with E-state index in [2.05, 4.69) is 35.0 Å². The molecule has 1 aliphatic rings. The van der Waals surface area contributed by atoms with Crippen LogP contribution in [0.15, 0.2) is 76.1 Å². The summed E-state index contributed by atoms with van der Waals surface area (Å²) in [5, 5.41) is 0. The predicted octanol–water partition coefficient (Wildman–Crippen LogP) is 6.75. The van der Waals surface area contributed by atoms with Gasteiger partial charge in [-0.1, -0.05) is 81.9 Å². The number of aryl methyl sites for hydroxylation is 1. The first-order valence-electron chi connectivity index (χ1n) is 9.84. The standard InChI is InChI=1S/C25H20BrNO3S2/c1-16-6-8-17(9-7-16)15-30-21-11-10-18(12-22(21)29-2)13-23-24(28)27(25(31)32-23)20-5-3-4-19(26)14-20/h3-14H,15H2,1-2H3/b23-13+. The third-order valence-electron chi connectivity index (χ3n) is 4.86. The molecule has 1 saturated heterocycles. The lowest BCUT2D eigenvalue weighted by atomic mass is 10.1. The number of nitrogens with zero attached hydrogens (tertiary/aromatic N) is 1. The molecule has 4 rings (SSSR count).